The first kappa shape index (κ1) is 22.1. The number of aliphatic hydroxyl groups excluding tert-OH is 1. The van der Waals surface area contributed by atoms with Crippen LogP contribution in [0.3, 0.4) is 0 Å². The van der Waals surface area contributed by atoms with Gasteiger partial charge in [0.05, 0.1) is 32.2 Å². The van der Waals surface area contributed by atoms with E-state index in [1.807, 2.05) is 16.8 Å². The average molecular weight is 447 g/mol. The molecule has 3 aromatic rings. The number of benzene rings is 2. The van der Waals surface area contributed by atoms with Gasteiger partial charge >= 0.3 is 0 Å². The van der Waals surface area contributed by atoms with Crippen LogP contribution in [0.15, 0.2) is 72.8 Å². The Morgan fingerprint density at radius 3 is 2.48 bits per heavy atom. The summed E-state index contributed by atoms with van der Waals surface area (Å²) < 4.78 is 12.9. The number of hydrogen-bond acceptors (Lipinski definition) is 6. The standard InChI is InChI=1S/C25H25N3O5/c1-32-19-11-6-10-18(24(19)33-2)21-20(22(29)17-8-4-3-5-9-17)23(30)25(31)28(21)14-7-13-27-15-12-26-16-27/h3-6,8-12,15-16,21,29H,7,13-14H2,1-2H3/b22-20+/t21-/m0/s1. The number of hydrogen-bond donors (Lipinski definition) is 1. The van der Waals surface area contributed by atoms with Gasteiger partial charge in [0, 0.05) is 36.6 Å². The second-order valence-corrected chi connectivity index (χ2v) is 7.60. The highest BCUT2D eigenvalue weighted by atomic mass is 16.5. The molecule has 0 bridgehead atoms. The van der Waals surface area contributed by atoms with E-state index in [4.69, 9.17) is 9.47 Å². The van der Waals surface area contributed by atoms with Crippen LogP contribution >= 0.6 is 0 Å². The molecule has 1 atom stereocenters. The fourth-order valence-electron chi connectivity index (χ4n) is 4.16. The lowest BCUT2D eigenvalue weighted by molar-refractivity contribution is -0.140. The second kappa shape index (κ2) is 9.60. The molecule has 0 saturated carbocycles. The average Bonchev–Trinajstić information content (AvgIpc) is 3.45. The Balaban J connectivity index is 1.81. The zero-order valence-electron chi connectivity index (χ0n) is 18.5. The largest absolute Gasteiger partial charge is 0.507 e. The molecule has 8 heteroatoms. The number of carbonyl (C=O) groups is 2. The van der Waals surface area contributed by atoms with Crippen LogP contribution in [0.4, 0.5) is 0 Å². The van der Waals surface area contributed by atoms with Crippen molar-refractivity contribution < 1.29 is 24.2 Å². The molecule has 33 heavy (non-hydrogen) atoms. The first-order chi connectivity index (χ1) is 16.1. The highest BCUT2D eigenvalue weighted by Gasteiger charge is 2.47. The first-order valence-electron chi connectivity index (χ1n) is 10.6. The number of aliphatic hydroxyl groups is 1. The lowest BCUT2D eigenvalue weighted by Crippen LogP contribution is -2.31. The van der Waals surface area contributed by atoms with E-state index in [2.05, 4.69) is 4.98 Å². The third-order valence-electron chi connectivity index (χ3n) is 5.69. The molecule has 2 heterocycles. The van der Waals surface area contributed by atoms with Crippen molar-refractivity contribution >= 4 is 17.4 Å². The highest BCUT2D eigenvalue weighted by Crippen LogP contribution is 2.45. The van der Waals surface area contributed by atoms with Gasteiger partial charge in [0.15, 0.2) is 11.5 Å². The monoisotopic (exact) mass is 447 g/mol. The van der Waals surface area contributed by atoms with Crippen LogP contribution in [-0.4, -0.2) is 52.0 Å². The number of imidazole rings is 1. The van der Waals surface area contributed by atoms with Crippen LogP contribution in [-0.2, 0) is 16.1 Å². The molecule has 1 fully saturated rings. The Morgan fingerprint density at radius 1 is 1.03 bits per heavy atom. The van der Waals surface area contributed by atoms with Crippen LogP contribution < -0.4 is 9.47 Å². The molecule has 1 aromatic heterocycles. The van der Waals surface area contributed by atoms with Gasteiger partial charge in [-0.1, -0.05) is 42.5 Å². The normalized spacial score (nSPS) is 17.4. The molecule has 1 N–H and O–H groups in total. The number of nitrogens with zero attached hydrogens (tertiary/aromatic N) is 3. The van der Waals surface area contributed by atoms with E-state index in [1.54, 1.807) is 55.0 Å². The predicted molar refractivity (Wildman–Crippen MR) is 122 cm³/mol. The van der Waals surface area contributed by atoms with Crippen molar-refractivity contribution in [3.05, 3.63) is 84.0 Å². The Hall–Kier alpha value is -4.07. The number of carbonyl (C=O) groups excluding carboxylic acids is 2. The predicted octanol–water partition coefficient (Wildman–Crippen LogP) is 3.41. The van der Waals surface area contributed by atoms with E-state index < -0.39 is 17.7 Å². The van der Waals surface area contributed by atoms with Crippen LogP contribution in [0.1, 0.15) is 23.6 Å². The van der Waals surface area contributed by atoms with Gasteiger partial charge < -0.3 is 24.0 Å². The number of rotatable bonds is 8. The van der Waals surface area contributed by atoms with Gasteiger partial charge in [-0.05, 0) is 12.5 Å². The molecule has 4 rings (SSSR count). The Bertz CT molecular complexity index is 1170. The molecule has 0 radical (unpaired) electrons. The minimum atomic E-state index is -0.821. The topological polar surface area (TPSA) is 93.9 Å². The summed E-state index contributed by atoms with van der Waals surface area (Å²) in [7, 11) is 3.03. The number of ether oxygens (including phenoxy) is 2. The van der Waals surface area contributed by atoms with Crippen LogP contribution in [0.5, 0.6) is 11.5 Å². The van der Waals surface area contributed by atoms with Crippen molar-refractivity contribution in [2.75, 3.05) is 20.8 Å². The van der Waals surface area contributed by atoms with E-state index >= 15 is 0 Å². The molecule has 1 saturated heterocycles. The van der Waals surface area contributed by atoms with Crippen molar-refractivity contribution in [1.82, 2.24) is 14.5 Å². The summed E-state index contributed by atoms with van der Waals surface area (Å²) in [6.45, 7) is 0.934. The summed E-state index contributed by atoms with van der Waals surface area (Å²) in [5.74, 6) is -0.730. The van der Waals surface area contributed by atoms with Crippen LogP contribution in [0.25, 0.3) is 5.76 Å². The maximum absolute atomic E-state index is 13.2. The quantitative estimate of drug-likeness (QED) is 0.323. The molecule has 0 unspecified atom stereocenters. The molecule has 1 amide bonds. The summed E-state index contributed by atoms with van der Waals surface area (Å²) in [6.07, 6.45) is 5.82. The lowest BCUT2D eigenvalue weighted by Gasteiger charge is -2.27. The molecule has 0 spiro atoms. The maximum atomic E-state index is 13.2. The number of para-hydroxylation sites is 1. The SMILES string of the molecule is COc1cccc([C@H]2/C(=C(\O)c3ccccc3)C(=O)C(=O)N2CCCn2ccnc2)c1OC. The highest BCUT2D eigenvalue weighted by molar-refractivity contribution is 6.46. The minimum Gasteiger partial charge on any atom is -0.507 e. The third kappa shape index (κ3) is 4.19. The molecular weight excluding hydrogens is 422 g/mol. The first-order valence-corrected chi connectivity index (χ1v) is 10.6. The summed E-state index contributed by atoms with van der Waals surface area (Å²) in [6, 6.07) is 13.2. The smallest absolute Gasteiger partial charge is 0.295 e. The fourth-order valence-corrected chi connectivity index (χ4v) is 4.16. The van der Waals surface area contributed by atoms with E-state index in [0.717, 1.165) is 0 Å². The van der Waals surface area contributed by atoms with Crippen molar-refractivity contribution in [1.29, 1.82) is 0 Å². The van der Waals surface area contributed by atoms with Gasteiger partial charge in [-0.15, -0.1) is 0 Å². The molecular formula is C25H25N3O5. The summed E-state index contributed by atoms with van der Waals surface area (Å²) in [4.78, 5) is 31.8. The van der Waals surface area contributed by atoms with Gasteiger partial charge in [-0.2, -0.15) is 0 Å². The molecule has 0 aliphatic carbocycles. The fraction of sp³-hybridized carbons (Fsp3) is 0.240. The van der Waals surface area contributed by atoms with Crippen molar-refractivity contribution in [3.8, 4) is 11.5 Å². The van der Waals surface area contributed by atoms with E-state index in [9.17, 15) is 14.7 Å². The number of aromatic nitrogens is 2. The number of ketones is 1. The Kier molecular flexibility index (Phi) is 6.44. The number of likely N-dealkylation sites (tertiary alicyclic amines) is 1. The zero-order valence-corrected chi connectivity index (χ0v) is 18.5. The molecule has 1 aliphatic heterocycles. The zero-order chi connectivity index (χ0) is 23.4. The number of Topliss-reactive ketones (excluding diaryl/α,β-unsaturated/α-hetero) is 1. The van der Waals surface area contributed by atoms with E-state index in [0.29, 0.717) is 42.1 Å². The van der Waals surface area contributed by atoms with Gasteiger partial charge in [-0.25, -0.2) is 4.98 Å². The summed E-state index contributed by atoms with van der Waals surface area (Å²) in [5, 5.41) is 11.1. The minimum absolute atomic E-state index is 0.0281. The van der Waals surface area contributed by atoms with Crippen LogP contribution in [0.2, 0.25) is 0 Å². The molecule has 8 nitrogen and oxygen atoms in total. The van der Waals surface area contributed by atoms with Gasteiger partial charge in [0.25, 0.3) is 11.7 Å². The number of aryl methyl sites for hydroxylation is 1. The van der Waals surface area contributed by atoms with Gasteiger partial charge in [-0.3, -0.25) is 9.59 Å². The van der Waals surface area contributed by atoms with Crippen molar-refractivity contribution in [2.24, 2.45) is 0 Å². The molecule has 170 valence electrons. The Labute approximate surface area is 191 Å². The third-order valence-corrected chi connectivity index (χ3v) is 5.69. The maximum Gasteiger partial charge on any atom is 0.295 e. The summed E-state index contributed by atoms with van der Waals surface area (Å²) in [5.41, 5.74) is 1.05. The van der Waals surface area contributed by atoms with E-state index in [-0.39, 0.29) is 11.3 Å². The molecule has 2 aromatic carbocycles. The summed E-state index contributed by atoms with van der Waals surface area (Å²) >= 11 is 0. The van der Waals surface area contributed by atoms with Crippen LogP contribution in [0, 0.1) is 0 Å². The number of methoxy groups -OCH3 is 2. The number of amides is 1. The Morgan fingerprint density at radius 2 is 1.82 bits per heavy atom. The van der Waals surface area contributed by atoms with E-state index in [1.165, 1.54) is 19.1 Å². The van der Waals surface area contributed by atoms with Gasteiger partial charge in [0.2, 0.25) is 0 Å². The van der Waals surface area contributed by atoms with Crippen molar-refractivity contribution in [3.63, 3.8) is 0 Å². The second-order valence-electron chi connectivity index (χ2n) is 7.60. The lowest BCUT2D eigenvalue weighted by atomic mass is 9.94. The van der Waals surface area contributed by atoms with Crippen molar-refractivity contribution in [2.45, 2.75) is 19.0 Å². The van der Waals surface area contributed by atoms with Gasteiger partial charge in [0.1, 0.15) is 5.76 Å². The molecule has 1 aliphatic rings.